The van der Waals surface area contributed by atoms with Gasteiger partial charge in [-0.2, -0.15) is 27.0 Å². The van der Waals surface area contributed by atoms with Crippen LogP contribution in [0.5, 0.6) is 0 Å². The van der Waals surface area contributed by atoms with Gasteiger partial charge in [0.05, 0.1) is 6.10 Å². The lowest BCUT2D eigenvalue weighted by Gasteiger charge is -2.30. The standard InChI is InChI=1S/C23H29N3O2.2H2S/c27-22(17-25-12-10-19-8-4-5-9-20(19)15-25)14-24-23(28)26-13-11-21(16-26)18-6-2-1-3-7-18;;/h1-9,21-22,27H,10-17H2,(H,24,28);2*1H2/t21-,22+;;/m1../s1. The van der Waals surface area contributed by atoms with E-state index >= 15 is 0 Å². The van der Waals surface area contributed by atoms with Crippen molar-refractivity contribution in [2.24, 2.45) is 0 Å². The Bertz CT molecular complexity index is 806. The van der Waals surface area contributed by atoms with Crippen LogP contribution in [0.3, 0.4) is 0 Å². The Balaban J connectivity index is 0.00000160. The summed E-state index contributed by atoms with van der Waals surface area (Å²) in [6.45, 7) is 4.21. The SMILES string of the molecule is O=C(NC[C@H](O)CN1CCc2ccccc2C1)N1CC[C@@H](c2ccccc2)C1.S.S. The van der Waals surface area contributed by atoms with Crippen LogP contribution in [0.15, 0.2) is 54.6 Å². The number of carbonyl (C=O) groups excluding carboxylic acids is 1. The number of hydrogen-bond acceptors (Lipinski definition) is 3. The fraction of sp³-hybridized carbons (Fsp3) is 0.435. The van der Waals surface area contributed by atoms with E-state index < -0.39 is 6.10 Å². The van der Waals surface area contributed by atoms with Crippen molar-refractivity contribution >= 4 is 33.0 Å². The number of benzene rings is 2. The molecule has 0 bridgehead atoms. The van der Waals surface area contributed by atoms with Gasteiger partial charge in [-0.25, -0.2) is 4.79 Å². The van der Waals surface area contributed by atoms with Crippen LogP contribution in [-0.4, -0.2) is 59.8 Å². The molecule has 2 aliphatic heterocycles. The summed E-state index contributed by atoms with van der Waals surface area (Å²) in [5.41, 5.74) is 4.04. The van der Waals surface area contributed by atoms with Gasteiger partial charge >= 0.3 is 6.03 Å². The number of carbonyl (C=O) groups is 1. The molecule has 0 radical (unpaired) electrons. The largest absolute Gasteiger partial charge is 0.390 e. The highest BCUT2D eigenvalue weighted by molar-refractivity contribution is 7.59. The van der Waals surface area contributed by atoms with Crippen LogP contribution in [0.25, 0.3) is 0 Å². The Kier molecular flexibility index (Phi) is 9.55. The Morgan fingerprint density at radius 2 is 1.73 bits per heavy atom. The molecule has 164 valence electrons. The highest BCUT2D eigenvalue weighted by Gasteiger charge is 2.27. The molecule has 0 spiro atoms. The smallest absolute Gasteiger partial charge is 0.317 e. The minimum atomic E-state index is -0.554. The van der Waals surface area contributed by atoms with Crippen molar-refractivity contribution in [1.82, 2.24) is 15.1 Å². The van der Waals surface area contributed by atoms with Crippen LogP contribution < -0.4 is 5.32 Å². The number of nitrogens with zero attached hydrogens (tertiary/aromatic N) is 2. The number of urea groups is 1. The Morgan fingerprint density at radius 3 is 2.50 bits per heavy atom. The van der Waals surface area contributed by atoms with E-state index in [1.165, 1.54) is 16.7 Å². The summed E-state index contributed by atoms with van der Waals surface area (Å²) < 4.78 is 0. The number of aliphatic hydroxyl groups is 1. The van der Waals surface area contributed by atoms with E-state index in [1.807, 2.05) is 23.1 Å². The summed E-state index contributed by atoms with van der Waals surface area (Å²) in [7, 11) is 0. The second-order valence-electron chi connectivity index (χ2n) is 7.94. The van der Waals surface area contributed by atoms with E-state index in [1.54, 1.807) is 0 Å². The van der Waals surface area contributed by atoms with Gasteiger partial charge in [-0.05, 0) is 29.5 Å². The lowest BCUT2D eigenvalue weighted by atomic mass is 9.99. The summed E-state index contributed by atoms with van der Waals surface area (Å²) in [6.07, 6.45) is 1.46. The monoisotopic (exact) mass is 447 g/mol. The number of aliphatic hydroxyl groups excluding tert-OH is 1. The number of amides is 2. The Hall–Kier alpha value is -1.67. The summed E-state index contributed by atoms with van der Waals surface area (Å²) in [6, 6.07) is 18.8. The molecule has 0 aromatic heterocycles. The van der Waals surface area contributed by atoms with E-state index in [-0.39, 0.29) is 33.0 Å². The second-order valence-corrected chi connectivity index (χ2v) is 7.94. The molecule has 0 aliphatic carbocycles. The van der Waals surface area contributed by atoms with Crippen LogP contribution in [0, 0.1) is 0 Å². The second kappa shape index (κ2) is 11.6. The molecule has 2 N–H and O–H groups in total. The van der Waals surface area contributed by atoms with Crippen LogP contribution in [0.2, 0.25) is 0 Å². The topological polar surface area (TPSA) is 55.8 Å². The van der Waals surface area contributed by atoms with Crippen molar-refractivity contribution in [1.29, 1.82) is 0 Å². The predicted octanol–water partition coefficient (Wildman–Crippen LogP) is 2.83. The maximum absolute atomic E-state index is 12.5. The van der Waals surface area contributed by atoms with Gasteiger partial charge in [-0.1, -0.05) is 54.6 Å². The molecule has 0 unspecified atom stereocenters. The molecule has 5 nitrogen and oxygen atoms in total. The van der Waals surface area contributed by atoms with Gasteiger partial charge in [0.1, 0.15) is 0 Å². The van der Waals surface area contributed by atoms with Crippen molar-refractivity contribution in [2.75, 3.05) is 32.7 Å². The maximum Gasteiger partial charge on any atom is 0.317 e. The minimum Gasteiger partial charge on any atom is -0.390 e. The third-order valence-electron chi connectivity index (χ3n) is 5.91. The average Bonchev–Trinajstić information content (AvgIpc) is 3.23. The first-order chi connectivity index (χ1) is 13.7. The van der Waals surface area contributed by atoms with Crippen molar-refractivity contribution in [3.63, 3.8) is 0 Å². The minimum absolute atomic E-state index is 0. The molecule has 0 saturated carbocycles. The number of β-amino-alcohol motifs (C(OH)–C–C–N with tert-alkyl or cyclic N) is 1. The highest BCUT2D eigenvalue weighted by atomic mass is 32.1. The zero-order valence-electron chi connectivity index (χ0n) is 17.3. The fourth-order valence-corrected chi connectivity index (χ4v) is 4.33. The molecule has 30 heavy (non-hydrogen) atoms. The lowest BCUT2D eigenvalue weighted by Crippen LogP contribution is -2.45. The lowest BCUT2D eigenvalue weighted by molar-refractivity contribution is 0.104. The van der Waals surface area contributed by atoms with E-state index in [0.29, 0.717) is 19.0 Å². The molecule has 7 heteroatoms. The zero-order chi connectivity index (χ0) is 19.3. The van der Waals surface area contributed by atoms with E-state index in [2.05, 4.69) is 46.6 Å². The fourth-order valence-electron chi connectivity index (χ4n) is 4.33. The van der Waals surface area contributed by atoms with Gasteiger partial charge in [-0.3, -0.25) is 4.90 Å². The molecule has 2 atom stereocenters. The molecule has 1 saturated heterocycles. The van der Waals surface area contributed by atoms with Crippen LogP contribution in [0.4, 0.5) is 4.79 Å². The van der Waals surface area contributed by atoms with Gasteiger partial charge in [0.2, 0.25) is 0 Å². The molecule has 1 fully saturated rings. The summed E-state index contributed by atoms with van der Waals surface area (Å²) >= 11 is 0. The number of fused-ring (bicyclic) bond motifs is 1. The van der Waals surface area contributed by atoms with Crippen molar-refractivity contribution < 1.29 is 9.90 Å². The van der Waals surface area contributed by atoms with Crippen molar-refractivity contribution in [2.45, 2.75) is 31.4 Å². The van der Waals surface area contributed by atoms with Gasteiger partial charge in [0.25, 0.3) is 0 Å². The van der Waals surface area contributed by atoms with Crippen LogP contribution in [-0.2, 0) is 13.0 Å². The number of nitrogens with one attached hydrogen (secondary N) is 1. The zero-order valence-corrected chi connectivity index (χ0v) is 19.3. The first-order valence-electron chi connectivity index (χ1n) is 10.2. The van der Waals surface area contributed by atoms with Gasteiger partial charge in [0, 0.05) is 45.2 Å². The number of hydrogen-bond donors (Lipinski definition) is 2. The maximum atomic E-state index is 12.5. The number of likely N-dealkylation sites (tertiary alicyclic amines) is 1. The van der Waals surface area contributed by atoms with Crippen molar-refractivity contribution in [3.8, 4) is 0 Å². The summed E-state index contributed by atoms with van der Waals surface area (Å²) in [5, 5.41) is 13.3. The molecule has 2 amide bonds. The van der Waals surface area contributed by atoms with Crippen LogP contribution >= 0.6 is 27.0 Å². The van der Waals surface area contributed by atoms with Crippen LogP contribution in [0.1, 0.15) is 29.0 Å². The van der Waals surface area contributed by atoms with E-state index in [4.69, 9.17) is 0 Å². The predicted molar refractivity (Wildman–Crippen MR) is 131 cm³/mol. The molecule has 2 aromatic carbocycles. The van der Waals surface area contributed by atoms with Gasteiger partial charge in [0.15, 0.2) is 0 Å². The third kappa shape index (κ3) is 6.17. The first kappa shape index (κ1) is 24.6. The molecular weight excluding hydrogens is 414 g/mol. The van der Waals surface area contributed by atoms with E-state index in [9.17, 15) is 9.90 Å². The van der Waals surface area contributed by atoms with Gasteiger partial charge in [-0.15, -0.1) is 0 Å². The highest BCUT2D eigenvalue weighted by Crippen LogP contribution is 2.26. The molecule has 4 rings (SSSR count). The third-order valence-corrected chi connectivity index (χ3v) is 5.91. The number of rotatable bonds is 5. The summed E-state index contributed by atoms with van der Waals surface area (Å²) in [4.78, 5) is 16.6. The molecule has 2 aliphatic rings. The average molecular weight is 448 g/mol. The Labute approximate surface area is 193 Å². The molecule has 2 heterocycles. The molecule has 2 aromatic rings. The normalized spacial score (nSPS) is 19.2. The van der Waals surface area contributed by atoms with Crippen molar-refractivity contribution in [3.05, 3.63) is 71.3 Å². The summed E-state index contributed by atoms with van der Waals surface area (Å²) in [5.74, 6) is 0.408. The van der Waals surface area contributed by atoms with Gasteiger partial charge < -0.3 is 15.3 Å². The molecular formula is C23H33N3O2S2. The Morgan fingerprint density at radius 1 is 1.03 bits per heavy atom. The van der Waals surface area contributed by atoms with E-state index in [0.717, 1.165) is 39.0 Å². The first-order valence-corrected chi connectivity index (χ1v) is 10.2. The quantitative estimate of drug-likeness (QED) is 0.741.